The lowest BCUT2D eigenvalue weighted by molar-refractivity contribution is -0.142. The van der Waals surface area contributed by atoms with Gasteiger partial charge in [-0.05, 0) is 43.4 Å². The van der Waals surface area contributed by atoms with Crippen molar-refractivity contribution in [2.24, 2.45) is 17.8 Å². The van der Waals surface area contributed by atoms with Crippen LogP contribution in [0.2, 0.25) is 0 Å². The van der Waals surface area contributed by atoms with Gasteiger partial charge in [-0.15, -0.1) is 0 Å². The average molecular weight is 726 g/mol. The molecule has 0 bridgehead atoms. The molecule has 1 aliphatic carbocycles. The predicted molar refractivity (Wildman–Crippen MR) is 186 cm³/mol. The van der Waals surface area contributed by atoms with Crippen LogP contribution in [0.3, 0.4) is 0 Å². The Morgan fingerprint density at radius 3 is 1.69 bits per heavy atom. The van der Waals surface area contributed by atoms with Gasteiger partial charge in [0.05, 0.1) is 6.42 Å². The molecule has 0 saturated heterocycles. The van der Waals surface area contributed by atoms with Gasteiger partial charge in [0.15, 0.2) is 0 Å². The Hall–Kier alpha value is -4.24. The maximum absolute atomic E-state index is 13.9. The number of carbonyl (C=O) groups excluding carboxylic acids is 5. The molecule has 6 atom stereocenters. The van der Waals surface area contributed by atoms with Crippen LogP contribution in [0.4, 0.5) is 0 Å². The van der Waals surface area contributed by atoms with Gasteiger partial charge in [-0.2, -0.15) is 0 Å². The van der Waals surface area contributed by atoms with Crippen molar-refractivity contribution in [2.45, 2.75) is 155 Å². The summed E-state index contributed by atoms with van der Waals surface area (Å²) < 4.78 is 0. The normalized spacial score (nSPS) is 16.7. The summed E-state index contributed by atoms with van der Waals surface area (Å²) in [5, 5.41) is 40.7. The zero-order valence-corrected chi connectivity index (χ0v) is 30.6. The van der Waals surface area contributed by atoms with Gasteiger partial charge in [-0.1, -0.05) is 79.6 Å². The van der Waals surface area contributed by atoms with Gasteiger partial charge in [-0.3, -0.25) is 33.6 Å². The lowest BCUT2D eigenvalue weighted by atomic mass is 9.84. The van der Waals surface area contributed by atoms with Crippen LogP contribution in [0, 0.1) is 17.8 Å². The third kappa shape index (κ3) is 17.5. The first-order chi connectivity index (χ1) is 24.0. The Balaban J connectivity index is 3.27. The molecule has 0 unspecified atom stereocenters. The molecule has 1 rings (SSSR count). The second-order valence-electron chi connectivity index (χ2n) is 14.0. The summed E-state index contributed by atoms with van der Waals surface area (Å²) in [7, 11) is 0. The van der Waals surface area contributed by atoms with Gasteiger partial charge in [0.25, 0.3) is 0 Å². The number of aliphatic carboxylic acids is 3. The van der Waals surface area contributed by atoms with Crippen molar-refractivity contribution in [2.75, 3.05) is 0 Å². The summed E-state index contributed by atoms with van der Waals surface area (Å²) in [6, 6.07) is -5.89. The summed E-state index contributed by atoms with van der Waals surface area (Å²) in [5.41, 5.74) is 0. The molecule has 0 heterocycles. The van der Waals surface area contributed by atoms with E-state index >= 15 is 0 Å². The first kappa shape index (κ1) is 44.8. The maximum Gasteiger partial charge on any atom is 0.326 e. The van der Waals surface area contributed by atoms with Crippen LogP contribution < -0.4 is 26.6 Å². The van der Waals surface area contributed by atoms with Crippen molar-refractivity contribution in [1.82, 2.24) is 26.6 Å². The van der Waals surface area contributed by atoms with E-state index in [2.05, 4.69) is 26.6 Å². The highest BCUT2D eigenvalue weighted by Crippen LogP contribution is 2.27. The second-order valence-corrected chi connectivity index (χ2v) is 14.0. The number of carboxylic acids is 3. The molecule has 1 aliphatic rings. The molecular formula is C35H59N5O11. The van der Waals surface area contributed by atoms with Crippen LogP contribution in [-0.4, -0.2) is 93.0 Å². The van der Waals surface area contributed by atoms with Gasteiger partial charge in [0.1, 0.15) is 30.2 Å². The van der Waals surface area contributed by atoms with E-state index in [9.17, 15) is 48.6 Å². The monoisotopic (exact) mass is 725 g/mol. The number of hydrogen-bond acceptors (Lipinski definition) is 8. The van der Waals surface area contributed by atoms with Crippen molar-refractivity contribution in [1.29, 1.82) is 0 Å². The number of rotatable bonds is 24. The lowest BCUT2D eigenvalue weighted by Gasteiger charge is -2.31. The Morgan fingerprint density at radius 1 is 0.608 bits per heavy atom. The van der Waals surface area contributed by atoms with Crippen LogP contribution in [0.1, 0.15) is 125 Å². The zero-order valence-electron chi connectivity index (χ0n) is 30.6. The smallest absolute Gasteiger partial charge is 0.326 e. The van der Waals surface area contributed by atoms with Gasteiger partial charge in [0.2, 0.25) is 29.5 Å². The highest BCUT2D eigenvalue weighted by molar-refractivity contribution is 5.96. The number of nitrogens with one attached hydrogen (secondary N) is 5. The van der Waals surface area contributed by atoms with E-state index in [1.165, 1.54) is 0 Å². The van der Waals surface area contributed by atoms with Gasteiger partial charge >= 0.3 is 17.9 Å². The Labute approximate surface area is 300 Å². The van der Waals surface area contributed by atoms with Crippen LogP contribution in [0.25, 0.3) is 0 Å². The molecule has 51 heavy (non-hydrogen) atoms. The minimum absolute atomic E-state index is 0.117. The Kier molecular flexibility index (Phi) is 20.4. The van der Waals surface area contributed by atoms with Crippen LogP contribution >= 0.6 is 0 Å². The molecule has 0 spiro atoms. The molecule has 16 heteroatoms. The van der Waals surface area contributed by atoms with Gasteiger partial charge in [0, 0.05) is 12.8 Å². The average Bonchev–Trinajstić information content (AvgIpc) is 3.06. The molecule has 0 aromatic heterocycles. The van der Waals surface area contributed by atoms with Crippen molar-refractivity contribution < 1.29 is 53.7 Å². The molecule has 16 nitrogen and oxygen atoms in total. The molecular weight excluding hydrogens is 666 g/mol. The first-order valence-electron chi connectivity index (χ1n) is 18.2. The SMILES string of the molecule is CCC[C@H](NC(=O)[C@H](CC1CCCCC1)NC(=O)[C@@H](NC(=O)[C@H](CC(C)C)NC(=O)[C@@H](CCC(=O)O)NC(=O)CCC(=O)O)[C@@H](C)CC)C(=O)O. The van der Waals surface area contributed by atoms with Crippen molar-refractivity contribution >= 4 is 47.4 Å². The Bertz CT molecular complexity index is 1200. The van der Waals surface area contributed by atoms with Crippen molar-refractivity contribution in [3.63, 3.8) is 0 Å². The van der Waals surface area contributed by atoms with E-state index < -0.39 is 103 Å². The minimum Gasteiger partial charge on any atom is -0.481 e. The second kappa shape index (κ2) is 23.3. The molecule has 8 N–H and O–H groups in total. The Morgan fingerprint density at radius 2 is 1.16 bits per heavy atom. The standard InChI is InChI=1S/C35H59N5O11/c1-6-11-24(35(50)51)37-32(47)26(19-22-12-9-8-10-13-22)39-34(49)30(21(5)7-2)40-33(48)25(18-20(3)4)38-31(46)23(14-16-28(42)43)36-27(41)15-17-29(44)45/h20-26,30H,6-19H2,1-5H3,(H,36,41)(H,37,47)(H,38,46)(H,39,49)(H,40,48)(H,42,43)(H,44,45)(H,50,51)/t21-,23+,24-,25-,26-,30-/m0/s1. The number of amides is 5. The fourth-order valence-corrected chi connectivity index (χ4v) is 6.02. The molecule has 5 amide bonds. The van der Waals surface area contributed by atoms with Gasteiger partial charge in [-0.25, -0.2) is 4.79 Å². The summed E-state index contributed by atoms with van der Waals surface area (Å²) in [4.78, 5) is 101. The van der Waals surface area contributed by atoms with Crippen LogP contribution in [-0.2, 0) is 38.4 Å². The molecule has 0 aromatic rings. The van der Waals surface area contributed by atoms with Crippen LogP contribution in [0.5, 0.6) is 0 Å². The van der Waals surface area contributed by atoms with E-state index in [0.717, 1.165) is 32.1 Å². The third-order valence-electron chi connectivity index (χ3n) is 9.12. The lowest BCUT2D eigenvalue weighted by Crippen LogP contribution is -2.60. The topological polar surface area (TPSA) is 257 Å². The fourth-order valence-electron chi connectivity index (χ4n) is 6.02. The molecule has 1 saturated carbocycles. The summed E-state index contributed by atoms with van der Waals surface area (Å²) in [6.07, 6.45) is 4.63. The molecule has 0 aromatic carbocycles. The van der Waals surface area contributed by atoms with E-state index in [0.29, 0.717) is 19.3 Å². The van der Waals surface area contributed by atoms with E-state index in [1.807, 2.05) is 6.92 Å². The molecule has 1 fully saturated rings. The van der Waals surface area contributed by atoms with Crippen LogP contribution in [0.15, 0.2) is 0 Å². The fraction of sp³-hybridized carbons (Fsp3) is 0.771. The first-order valence-corrected chi connectivity index (χ1v) is 18.2. The maximum atomic E-state index is 13.9. The summed E-state index contributed by atoms with van der Waals surface area (Å²) in [5.74, 6) is -7.66. The minimum atomic E-state index is -1.38. The summed E-state index contributed by atoms with van der Waals surface area (Å²) >= 11 is 0. The zero-order chi connectivity index (χ0) is 38.7. The van der Waals surface area contributed by atoms with Crippen molar-refractivity contribution in [3.8, 4) is 0 Å². The number of carboxylic acid groups (broad SMARTS) is 3. The number of hydrogen-bond donors (Lipinski definition) is 8. The van der Waals surface area contributed by atoms with E-state index in [-0.39, 0.29) is 31.1 Å². The molecule has 0 aliphatic heterocycles. The highest BCUT2D eigenvalue weighted by atomic mass is 16.4. The largest absolute Gasteiger partial charge is 0.481 e. The molecule has 0 radical (unpaired) electrons. The predicted octanol–water partition coefficient (Wildman–Crippen LogP) is 2.09. The van der Waals surface area contributed by atoms with E-state index in [4.69, 9.17) is 5.11 Å². The third-order valence-corrected chi connectivity index (χ3v) is 9.12. The summed E-state index contributed by atoms with van der Waals surface area (Å²) in [6.45, 7) is 8.97. The molecule has 290 valence electrons. The van der Waals surface area contributed by atoms with Gasteiger partial charge < -0.3 is 41.9 Å². The highest BCUT2D eigenvalue weighted by Gasteiger charge is 2.35. The number of carbonyl (C=O) groups is 8. The quantitative estimate of drug-likeness (QED) is 0.0715. The van der Waals surface area contributed by atoms with E-state index in [1.54, 1.807) is 27.7 Å². The van der Waals surface area contributed by atoms with Crippen molar-refractivity contribution in [3.05, 3.63) is 0 Å².